The number of rotatable bonds is 10. The summed E-state index contributed by atoms with van der Waals surface area (Å²) in [7, 11) is 0. The lowest BCUT2D eigenvalue weighted by molar-refractivity contribution is 1.18. The molecule has 0 bridgehead atoms. The van der Waals surface area contributed by atoms with Crippen molar-refractivity contribution < 1.29 is 0 Å². The molecule has 11 aromatic carbocycles. The van der Waals surface area contributed by atoms with Crippen molar-refractivity contribution in [3.8, 4) is 39.1 Å². The van der Waals surface area contributed by atoms with E-state index >= 15 is 0 Å². The SMILES string of the molecule is C(=C(c1ccccc1)c1cc(-c2ccc3c4ccccc4n(-c4ccc(-c5ccccc5)cc4)c3c2)cc(N(c2ccccc2)c2ccc3c(c2)-c2ccccc2/C(=C\c2ccccc2)C3)c1)c1ccccc1. The fourth-order valence-electron chi connectivity index (χ4n) is 10.9. The molecule has 1 aliphatic rings. The Hall–Kier alpha value is -9.50. The Balaban J connectivity index is 1.02. The van der Waals surface area contributed by atoms with Gasteiger partial charge in [-0.15, -0.1) is 0 Å². The number of allylic oxidation sites excluding steroid dienone is 1. The summed E-state index contributed by atoms with van der Waals surface area (Å²) in [5.41, 5.74) is 23.6. The van der Waals surface area contributed by atoms with Gasteiger partial charge in [0.25, 0.3) is 0 Å². The molecule has 0 radical (unpaired) electrons. The van der Waals surface area contributed by atoms with E-state index < -0.39 is 0 Å². The highest BCUT2D eigenvalue weighted by Crippen LogP contribution is 2.46. The second-order valence-electron chi connectivity index (χ2n) is 18.9. The van der Waals surface area contributed by atoms with Crippen LogP contribution in [-0.2, 0) is 6.42 Å². The molecule has 0 spiro atoms. The number of fused-ring (bicyclic) bond motifs is 6. The van der Waals surface area contributed by atoms with Crippen molar-refractivity contribution in [1.82, 2.24) is 4.57 Å². The topological polar surface area (TPSA) is 8.17 Å². The Labute approximate surface area is 427 Å². The highest BCUT2D eigenvalue weighted by Gasteiger charge is 2.24. The number of anilines is 3. The number of para-hydroxylation sites is 2. The van der Waals surface area contributed by atoms with E-state index in [0.29, 0.717) is 0 Å². The standard InChI is InChI=1S/C71H50N2/c1-6-20-50(21-7-1)42-58-44-56-36-40-62(49-69(56)65-31-17-16-30-64(58)65)72(60-28-14-5-15-29-60)63-46-57(45-59(47-63)68(54-26-12-4-13-27-54)43-51-22-8-2-9-23-51)55-37-41-67-66-32-18-19-33-70(66)73(71(67)48-55)61-38-34-53(35-39-61)52-24-10-3-11-25-52/h1-43,45-49H,44H2/b58-42-,68-43?. The summed E-state index contributed by atoms with van der Waals surface area (Å²) >= 11 is 0. The lowest BCUT2D eigenvalue weighted by atomic mass is 9.81. The molecular weight excluding hydrogens is 881 g/mol. The van der Waals surface area contributed by atoms with Gasteiger partial charge in [-0.3, -0.25) is 0 Å². The molecule has 0 amide bonds. The van der Waals surface area contributed by atoms with Crippen LogP contribution in [0.4, 0.5) is 17.1 Å². The fourth-order valence-corrected chi connectivity index (χ4v) is 10.9. The summed E-state index contributed by atoms with van der Waals surface area (Å²) < 4.78 is 2.43. The molecule has 1 aromatic heterocycles. The summed E-state index contributed by atoms with van der Waals surface area (Å²) in [4.78, 5) is 2.44. The van der Waals surface area contributed by atoms with Crippen molar-refractivity contribution in [2.45, 2.75) is 6.42 Å². The van der Waals surface area contributed by atoms with Crippen LogP contribution in [0.25, 0.3) is 84.2 Å². The van der Waals surface area contributed by atoms with Crippen molar-refractivity contribution in [2.75, 3.05) is 4.90 Å². The first-order valence-corrected chi connectivity index (χ1v) is 25.2. The normalized spacial score (nSPS) is 12.7. The van der Waals surface area contributed by atoms with Gasteiger partial charge in [0.05, 0.1) is 11.0 Å². The second-order valence-corrected chi connectivity index (χ2v) is 18.9. The average Bonchev–Trinajstić information content (AvgIpc) is 3.79. The number of hydrogen-bond donors (Lipinski definition) is 0. The predicted octanol–water partition coefficient (Wildman–Crippen LogP) is 18.9. The van der Waals surface area contributed by atoms with Crippen LogP contribution >= 0.6 is 0 Å². The second kappa shape index (κ2) is 19.0. The Morgan fingerprint density at radius 1 is 0.356 bits per heavy atom. The van der Waals surface area contributed by atoms with Gasteiger partial charge in [-0.05, 0) is 157 Å². The van der Waals surface area contributed by atoms with Crippen LogP contribution < -0.4 is 4.90 Å². The van der Waals surface area contributed by atoms with E-state index in [2.05, 4.69) is 301 Å². The van der Waals surface area contributed by atoms with Crippen LogP contribution in [0.1, 0.15) is 33.4 Å². The lowest BCUT2D eigenvalue weighted by Gasteiger charge is -2.29. The van der Waals surface area contributed by atoms with Crippen molar-refractivity contribution >= 4 is 62.2 Å². The minimum absolute atomic E-state index is 0.855. The molecule has 2 nitrogen and oxygen atoms in total. The fraction of sp³-hybridized carbons (Fsp3) is 0.0141. The first-order chi connectivity index (χ1) is 36.2. The van der Waals surface area contributed by atoms with E-state index in [4.69, 9.17) is 0 Å². The van der Waals surface area contributed by atoms with Crippen LogP contribution in [0.5, 0.6) is 0 Å². The number of benzene rings is 11. The highest BCUT2D eigenvalue weighted by molar-refractivity contribution is 6.10. The van der Waals surface area contributed by atoms with E-state index in [-0.39, 0.29) is 0 Å². The Kier molecular flexibility index (Phi) is 11.3. The molecule has 0 aliphatic heterocycles. The maximum absolute atomic E-state index is 2.44. The summed E-state index contributed by atoms with van der Waals surface area (Å²) in [5, 5.41) is 2.45. The summed E-state index contributed by atoms with van der Waals surface area (Å²) in [6.07, 6.45) is 5.54. The smallest absolute Gasteiger partial charge is 0.0547 e. The van der Waals surface area contributed by atoms with E-state index in [1.807, 2.05) is 0 Å². The molecule has 0 fully saturated rings. The molecule has 0 saturated heterocycles. The molecule has 73 heavy (non-hydrogen) atoms. The van der Waals surface area contributed by atoms with E-state index in [0.717, 1.165) is 68.1 Å². The first-order valence-electron chi connectivity index (χ1n) is 25.2. The molecule has 1 aliphatic carbocycles. The van der Waals surface area contributed by atoms with Crippen LogP contribution in [-0.4, -0.2) is 4.57 Å². The monoisotopic (exact) mass is 930 g/mol. The Morgan fingerprint density at radius 2 is 0.959 bits per heavy atom. The average molecular weight is 931 g/mol. The van der Waals surface area contributed by atoms with Gasteiger partial charge in [0, 0.05) is 33.5 Å². The lowest BCUT2D eigenvalue weighted by Crippen LogP contribution is -2.12. The zero-order valence-corrected chi connectivity index (χ0v) is 40.3. The molecule has 0 unspecified atom stereocenters. The van der Waals surface area contributed by atoms with Crippen molar-refractivity contribution in [2.24, 2.45) is 0 Å². The maximum Gasteiger partial charge on any atom is 0.0547 e. The van der Waals surface area contributed by atoms with Crippen molar-refractivity contribution in [1.29, 1.82) is 0 Å². The van der Waals surface area contributed by atoms with Crippen molar-refractivity contribution in [3.63, 3.8) is 0 Å². The van der Waals surface area contributed by atoms with Gasteiger partial charge >= 0.3 is 0 Å². The number of nitrogens with zero attached hydrogens (tertiary/aromatic N) is 2. The minimum Gasteiger partial charge on any atom is -0.310 e. The van der Waals surface area contributed by atoms with E-state index in [1.165, 1.54) is 60.8 Å². The van der Waals surface area contributed by atoms with Gasteiger partial charge in [0.1, 0.15) is 0 Å². The first kappa shape index (κ1) is 43.5. The largest absolute Gasteiger partial charge is 0.310 e. The van der Waals surface area contributed by atoms with Gasteiger partial charge in [-0.2, -0.15) is 0 Å². The van der Waals surface area contributed by atoms with Crippen LogP contribution in [0, 0.1) is 0 Å². The van der Waals surface area contributed by atoms with Gasteiger partial charge in [0.2, 0.25) is 0 Å². The third-order valence-electron chi connectivity index (χ3n) is 14.4. The zero-order chi connectivity index (χ0) is 48.5. The number of aromatic nitrogens is 1. The predicted molar refractivity (Wildman–Crippen MR) is 310 cm³/mol. The minimum atomic E-state index is 0.855. The van der Waals surface area contributed by atoms with Crippen LogP contribution in [0.2, 0.25) is 0 Å². The molecule has 12 aromatic rings. The van der Waals surface area contributed by atoms with E-state index in [1.54, 1.807) is 0 Å². The zero-order valence-electron chi connectivity index (χ0n) is 40.3. The Morgan fingerprint density at radius 3 is 1.71 bits per heavy atom. The van der Waals surface area contributed by atoms with Gasteiger partial charge in [0.15, 0.2) is 0 Å². The Bertz CT molecular complexity index is 4000. The van der Waals surface area contributed by atoms with Crippen molar-refractivity contribution in [3.05, 3.63) is 312 Å². The van der Waals surface area contributed by atoms with Crippen LogP contribution in [0.15, 0.2) is 279 Å². The summed E-state index contributed by atoms with van der Waals surface area (Å²) in [5.74, 6) is 0. The molecule has 0 N–H and O–H groups in total. The third-order valence-corrected chi connectivity index (χ3v) is 14.4. The summed E-state index contributed by atoms with van der Waals surface area (Å²) in [6, 6.07) is 102. The number of hydrogen-bond acceptors (Lipinski definition) is 1. The quantitative estimate of drug-likeness (QED) is 0.124. The molecule has 1 heterocycles. The summed E-state index contributed by atoms with van der Waals surface area (Å²) in [6.45, 7) is 0. The molecule has 0 atom stereocenters. The molecule has 0 saturated carbocycles. The van der Waals surface area contributed by atoms with Gasteiger partial charge in [-0.1, -0.05) is 218 Å². The van der Waals surface area contributed by atoms with Gasteiger partial charge < -0.3 is 9.47 Å². The third kappa shape index (κ3) is 8.45. The van der Waals surface area contributed by atoms with Gasteiger partial charge in [-0.25, -0.2) is 0 Å². The maximum atomic E-state index is 2.44. The molecular formula is C71H50N2. The van der Waals surface area contributed by atoms with Crippen LogP contribution in [0.3, 0.4) is 0 Å². The molecule has 2 heteroatoms. The van der Waals surface area contributed by atoms with E-state index in [9.17, 15) is 0 Å². The molecule has 13 rings (SSSR count). The highest BCUT2D eigenvalue weighted by atomic mass is 15.1. The molecule has 344 valence electrons.